The zero-order valence-corrected chi connectivity index (χ0v) is 13.2. The Morgan fingerprint density at radius 1 is 1.24 bits per heavy atom. The van der Waals surface area contributed by atoms with Gasteiger partial charge < -0.3 is 20.1 Å². The van der Waals surface area contributed by atoms with Crippen molar-refractivity contribution in [3.05, 3.63) is 5.28 Å². The van der Waals surface area contributed by atoms with Crippen molar-refractivity contribution in [3.63, 3.8) is 0 Å². The molecule has 0 aromatic carbocycles. The van der Waals surface area contributed by atoms with Gasteiger partial charge in [-0.05, 0) is 24.4 Å². The Morgan fingerprint density at radius 3 is 2.52 bits per heavy atom. The summed E-state index contributed by atoms with van der Waals surface area (Å²) < 4.78 is 5.31. The number of morpholine rings is 1. The van der Waals surface area contributed by atoms with Crippen LogP contribution < -0.4 is 10.2 Å². The second kappa shape index (κ2) is 7.20. The van der Waals surface area contributed by atoms with Gasteiger partial charge in [0.2, 0.25) is 17.2 Å². The number of hydrogen-bond donors (Lipinski definition) is 2. The number of aromatic nitrogens is 3. The number of rotatable bonds is 6. The Labute approximate surface area is 129 Å². The van der Waals surface area contributed by atoms with Crippen LogP contribution in [0.25, 0.3) is 0 Å². The Kier molecular flexibility index (Phi) is 5.55. The third-order valence-electron chi connectivity index (χ3n) is 3.78. The van der Waals surface area contributed by atoms with Crippen LogP contribution in [0, 0.1) is 0 Å². The fraction of sp³-hybridized carbons (Fsp3) is 0.769. The van der Waals surface area contributed by atoms with Crippen molar-refractivity contribution >= 4 is 23.5 Å². The van der Waals surface area contributed by atoms with E-state index in [0.717, 1.165) is 13.1 Å². The number of nitrogens with one attached hydrogen (secondary N) is 1. The summed E-state index contributed by atoms with van der Waals surface area (Å²) in [6, 6.07) is 0. The van der Waals surface area contributed by atoms with Crippen LogP contribution >= 0.6 is 11.6 Å². The minimum Gasteiger partial charge on any atom is -0.388 e. The van der Waals surface area contributed by atoms with E-state index in [-0.39, 0.29) is 5.28 Å². The summed E-state index contributed by atoms with van der Waals surface area (Å²) in [6.07, 6.45) is 1.32. The molecule has 1 saturated heterocycles. The SMILES string of the molecule is CCC(O)(CC)CNc1nc(Cl)nc(N2CCOCC2)n1. The third kappa shape index (κ3) is 4.39. The van der Waals surface area contributed by atoms with E-state index >= 15 is 0 Å². The lowest BCUT2D eigenvalue weighted by Crippen LogP contribution is -2.38. The monoisotopic (exact) mass is 315 g/mol. The lowest BCUT2D eigenvalue weighted by molar-refractivity contribution is 0.0455. The van der Waals surface area contributed by atoms with Crippen LogP contribution in [0.4, 0.5) is 11.9 Å². The summed E-state index contributed by atoms with van der Waals surface area (Å²) in [6.45, 7) is 7.04. The van der Waals surface area contributed by atoms with Gasteiger partial charge in [0.05, 0.1) is 18.8 Å². The van der Waals surface area contributed by atoms with E-state index in [1.165, 1.54) is 0 Å². The molecule has 1 fully saturated rings. The van der Waals surface area contributed by atoms with Gasteiger partial charge in [0, 0.05) is 19.6 Å². The normalized spacial score (nSPS) is 16.1. The first-order valence-electron chi connectivity index (χ1n) is 7.27. The summed E-state index contributed by atoms with van der Waals surface area (Å²) in [5.74, 6) is 0.925. The first-order valence-corrected chi connectivity index (χ1v) is 7.64. The molecule has 1 aromatic heterocycles. The molecule has 0 atom stereocenters. The highest BCUT2D eigenvalue weighted by molar-refractivity contribution is 6.28. The minimum absolute atomic E-state index is 0.144. The molecular formula is C13H22ClN5O2. The standard InChI is InChI=1S/C13H22ClN5O2/c1-3-13(20,4-2)9-15-11-16-10(14)17-12(18-11)19-5-7-21-8-6-19/h20H,3-9H2,1-2H3,(H,15,16,17,18). The van der Waals surface area contributed by atoms with Crippen LogP contribution in [-0.4, -0.2) is 58.5 Å². The van der Waals surface area contributed by atoms with Gasteiger partial charge in [-0.15, -0.1) is 0 Å². The Hall–Kier alpha value is -1.18. The summed E-state index contributed by atoms with van der Waals surface area (Å²) in [5, 5.41) is 13.5. The van der Waals surface area contributed by atoms with Gasteiger partial charge in [-0.25, -0.2) is 0 Å². The molecule has 7 nitrogen and oxygen atoms in total. The molecule has 21 heavy (non-hydrogen) atoms. The number of halogens is 1. The van der Waals surface area contributed by atoms with E-state index in [1.54, 1.807) is 0 Å². The molecule has 0 amide bonds. The molecule has 0 spiro atoms. The molecule has 2 heterocycles. The van der Waals surface area contributed by atoms with E-state index in [2.05, 4.69) is 20.3 Å². The summed E-state index contributed by atoms with van der Waals surface area (Å²) in [7, 11) is 0. The Bertz CT molecular complexity index is 464. The summed E-state index contributed by atoms with van der Waals surface area (Å²) >= 11 is 5.96. The molecule has 118 valence electrons. The maximum Gasteiger partial charge on any atom is 0.231 e. The van der Waals surface area contributed by atoms with Crippen molar-refractivity contribution in [1.29, 1.82) is 0 Å². The molecule has 0 aliphatic carbocycles. The molecule has 2 N–H and O–H groups in total. The highest BCUT2D eigenvalue weighted by atomic mass is 35.5. The highest BCUT2D eigenvalue weighted by Gasteiger charge is 2.23. The topological polar surface area (TPSA) is 83.4 Å². The first kappa shape index (κ1) is 16.2. The zero-order valence-electron chi connectivity index (χ0n) is 12.5. The largest absolute Gasteiger partial charge is 0.388 e. The van der Waals surface area contributed by atoms with Gasteiger partial charge in [0.25, 0.3) is 0 Å². The molecule has 0 bridgehead atoms. The zero-order chi connectivity index (χ0) is 15.3. The molecule has 0 radical (unpaired) electrons. The molecule has 1 aromatic rings. The third-order valence-corrected chi connectivity index (χ3v) is 3.95. The van der Waals surface area contributed by atoms with E-state index in [0.29, 0.717) is 44.5 Å². The average molecular weight is 316 g/mol. The Morgan fingerprint density at radius 2 is 1.90 bits per heavy atom. The number of hydrogen-bond acceptors (Lipinski definition) is 7. The first-order chi connectivity index (χ1) is 10.1. The lowest BCUT2D eigenvalue weighted by atomic mass is 9.98. The number of ether oxygens (including phenoxy) is 1. The van der Waals surface area contributed by atoms with Crippen LogP contribution in [0.15, 0.2) is 0 Å². The fourth-order valence-corrected chi connectivity index (χ4v) is 2.22. The predicted molar refractivity (Wildman–Crippen MR) is 81.9 cm³/mol. The van der Waals surface area contributed by atoms with Crippen molar-refractivity contribution in [2.24, 2.45) is 0 Å². The number of nitrogens with zero attached hydrogens (tertiary/aromatic N) is 4. The van der Waals surface area contributed by atoms with Crippen molar-refractivity contribution in [2.45, 2.75) is 32.3 Å². The van der Waals surface area contributed by atoms with Gasteiger partial charge >= 0.3 is 0 Å². The van der Waals surface area contributed by atoms with Crippen LogP contribution in [0.1, 0.15) is 26.7 Å². The summed E-state index contributed by atoms with van der Waals surface area (Å²) in [5.41, 5.74) is -0.766. The molecule has 1 aliphatic rings. The highest BCUT2D eigenvalue weighted by Crippen LogP contribution is 2.18. The minimum atomic E-state index is -0.766. The van der Waals surface area contributed by atoms with Crippen molar-refractivity contribution in [3.8, 4) is 0 Å². The van der Waals surface area contributed by atoms with Crippen LogP contribution in [-0.2, 0) is 4.74 Å². The van der Waals surface area contributed by atoms with Gasteiger partial charge in [-0.3, -0.25) is 0 Å². The van der Waals surface area contributed by atoms with Crippen molar-refractivity contribution in [1.82, 2.24) is 15.0 Å². The van der Waals surface area contributed by atoms with E-state index in [1.807, 2.05) is 18.7 Å². The molecular weight excluding hydrogens is 294 g/mol. The maximum absolute atomic E-state index is 10.3. The summed E-state index contributed by atoms with van der Waals surface area (Å²) in [4.78, 5) is 14.6. The second-order valence-electron chi connectivity index (χ2n) is 5.11. The van der Waals surface area contributed by atoms with E-state index < -0.39 is 5.60 Å². The Balaban J connectivity index is 2.07. The van der Waals surface area contributed by atoms with Gasteiger partial charge in [-0.2, -0.15) is 15.0 Å². The fourth-order valence-electron chi connectivity index (χ4n) is 2.07. The molecule has 0 saturated carbocycles. The smallest absolute Gasteiger partial charge is 0.231 e. The molecule has 2 rings (SSSR count). The van der Waals surface area contributed by atoms with E-state index in [4.69, 9.17) is 16.3 Å². The quantitative estimate of drug-likeness (QED) is 0.819. The van der Waals surface area contributed by atoms with Gasteiger partial charge in [-0.1, -0.05) is 13.8 Å². The molecule has 8 heteroatoms. The van der Waals surface area contributed by atoms with Crippen LogP contribution in [0.3, 0.4) is 0 Å². The van der Waals surface area contributed by atoms with Gasteiger partial charge in [0.1, 0.15) is 0 Å². The van der Waals surface area contributed by atoms with Crippen LogP contribution in [0.2, 0.25) is 5.28 Å². The van der Waals surface area contributed by atoms with E-state index in [9.17, 15) is 5.11 Å². The van der Waals surface area contributed by atoms with Crippen LogP contribution in [0.5, 0.6) is 0 Å². The molecule has 0 unspecified atom stereocenters. The van der Waals surface area contributed by atoms with Crippen molar-refractivity contribution in [2.75, 3.05) is 43.1 Å². The number of anilines is 2. The maximum atomic E-state index is 10.3. The predicted octanol–water partition coefficient (Wildman–Crippen LogP) is 1.32. The second-order valence-corrected chi connectivity index (χ2v) is 5.45. The number of aliphatic hydroxyl groups is 1. The lowest BCUT2D eigenvalue weighted by Gasteiger charge is -2.27. The molecule has 1 aliphatic heterocycles. The van der Waals surface area contributed by atoms with Crippen molar-refractivity contribution < 1.29 is 9.84 Å². The average Bonchev–Trinajstić information content (AvgIpc) is 2.53. The van der Waals surface area contributed by atoms with Gasteiger partial charge in [0.15, 0.2) is 0 Å².